The van der Waals surface area contributed by atoms with E-state index in [0.717, 1.165) is 69.4 Å². The lowest BCUT2D eigenvalue weighted by molar-refractivity contribution is -0.0244. The number of aliphatic hydroxyl groups is 2. The van der Waals surface area contributed by atoms with Crippen molar-refractivity contribution in [2.45, 2.75) is 38.9 Å². The Labute approximate surface area is 450 Å². The van der Waals surface area contributed by atoms with Gasteiger partial charge in [0.05, 0.1) is 83.9 Å². The number of rotatable bonds is 18. The molecule has 0 saturated heterocycles. The van der Waals surface area contributed by atoms with E-state index in [9.17, 15) is 10.2 Å². The highest BCUT2D eigenvalue weighted by atomic mass is 32.2. The largest absolute Gasteiger partial charge is 0.485 e. The fraction of sp³-hybridized carbons (Fsp3) is 0.520. The Morgan fingerprint density at radius 2 is 0.824 bits per heavy atom. The fourth-order valence-electron chi connectivity index (χ4n) is 8.92. The topological polar surface area (TPSA) is 188 Å². The molecule has 2 N–H and O–H groups in total. The Bertz CT molecular complexity index is 3010. The minimum Gasteiger partial charge on any atom is -0.485 e. The third-order valence-corrected chi connectivity index (χ3v) is 20.0. The van der Waals surface area contributed by atoms with Gasteiger partial charge in [0, 0.05) is 29.9 Å². The van der Waals surface area contributed by atoms with Gasteiger partial charge in [-0.15, -0.1) is 45.3 Å². The van der Waals surface area contributed by atoms with Crippen molar-refractivity contribution < 1.29 is 86.0 Å². The van der Waals surface area contributed by atoms with Crippen LogP contribution in [0.5, 0.6) is 46.0 Å². The van der Waals surface area contributed by atoms with Crippen LogP contribution in [0.4, 0.5) is 0 Å². The molecule has 18 nitrogen and oxygen atoms in total. The third kappa shape index (κ3) is 9.91. The van der Waals surface area contributed by atoms with Gasteiger partial charge in [-0.05, 0) is 13.3 Å². The number of hydrogen-bond donors (Lipinski definition) is 2. The van der Waals surface area contributed by atoms with Gasteiger partial charge in [0.2, 0.25) is 21.3 Å². The molecule has 0 bridgehead atoms. The first-order valence-corrected chi connectivity index (χ1v) is 29.5. The van der Waals surface area contributed by atoms with Crippen LogP contribution in [0.3, 0.4) is 0 Å². The standard InChI is InChI=1S/C50H54O18S6/c1-3-26(51)23-55-8-6-53-4-5-54-7-9-56-24-27(52)22-28-30-32(60-13-11-58-30)42(70-28)44-34-36(64-17-15-62-34)46(72-44)48-38-40(68-21-19-66-38)50(74-48)49-39-37(65-18-20-67-39)47(73-49)45-35-33(61-14-16-63-35)43(71-45)41-31-29(25(2)69-41)57-10-12-59-31/h26-27,51-52H,3-24H2,1-2H3/q+2/b47-45+,48-46+,50-49+. The summed E-state index contributed by atoms with van der Waals surface area (Å²) in [5.74, 6) is 7.85. The second-order valence-corrected chi connectivity index (χ2v) is 23.7. The zero-order valence-electron chi connectivity index (χ0n) is 40.6. The van der Waals surface area contributed by atoms with Gasteiger partial charge >= 0.3 is 0 Å². The molecule has 12 rings (SSSR count). The monoisotopic (exact) mass is 1130 g/mol. The normalized spacial score (nSPS) is 21.2. The molecule has 0 amide bonds. The number of aliphatic hydroxyl groups excluding tert-OH is 2. The van der Waals surface area contributed by atoms with Crippen LogP contribution in [0.1, 0.15) is 32.9 Å². The van der Waals surface area contributed by atoms with Crippen LogP contribution in [0.25, 0.3) is 9.81 Å². The Kier molecular flexibility index (Phi) is 15.6. The number of ether oxygens (including phenoxy) is 16. The molecule has 4 aromatic heterocycles. The van der Waals surface area contributed by atoms with Crippen molar-refractivity contribution in [1.29, 1.82) is 0 Å². The van der Waals surface area contributed by atoms with Crippen LogP contribution in [-0.2, 0) is 44.3 Å². The summed E-state index contributed by atoms with van der Waals surface area (Å²) >= 11 is 9.35. The van der Waals surface area contributed by atoms with Gasteiger partial charge in [0.1, 0.15) is 98.2 Å². The number of hydrogen-bond acceptors (Lipinski definition) is 24. The van der Waals surface area contributed by atoms with Gasteiger partial charge in [-0.3, -0.25) is 0 Å². The maximum absolute atomic E-state index is 11.2. The van der Waals surface area contributed by atoms with Crippen molar-refractivity contribution >= 4 is 78.7 Å². The maximum Gasteiger partial charge on any atom is 0.293 e. The first-order chi connectivity index (χ1) is 36.4. The molecule has 0 aromatic carbocycles. The average molecular weight is 1140 g/mol. The van der Waals surface area contributed by atoms with Gasteiger partial charge < -0.3 is 86.0 Å². The van der Waals surface area contributed by atoms with Gasteiger partial charge in [-0.1, -0.05) is 6.92 Å². The van der Waals surface area contributed by atoms with E-state index < -0.39 is 12.2 Å². The minimum atomic E-state index is -0.808. The summed E-state index contributed by atoms with van der Waals surface area (Å²) in [6.07, 6.45) is -0.312. The summed E-state index contributed by atoms with van der Waals surface area (Å²) in [6.45, 7) is 11.5. The molecule has 0 radical (unpaired) electrons. The zero-order valence-corrected chi connectivity index (χ0v) is 45.5. The van der Waals surface area contributed by atoms with Crippen molar-refractivity contribution in [1.82, 2.24) is 0 Å². The van der Waals surface area contributed by atoms with E-state index in [2.05, 4.69) is 0 Å². The molecule has 0 aliphatic carbocycles. The van der Waals surface area contributed by atoms with Crippen LogP contribution in [0, 0.1) is 26.5 Å². The summed E-state index contributed by atoms with van der Waals surface area (Å²) in [5.41, 5.74) is 0. The van der Waals surface area contributed by atoms with E-state index in [4.69, 9.17) is 75.8 Å². The Morgan fingerprint density at radius 3 is 1.34 bits per heavy atom. The lowest BCUT2D eigenvalue weighted by Gasteiger charge is -2.16. The molecule has 12 heterocycles. The fourth-order valence-corrected chi connectivity index (χ4v) is 16.6. The first-order valence-electron chi connectivity index (χ1n) is 24.6. The lowest BCUT2D eigenvalue weighted by atomic mass is 10.2. The summed E-state index contributed by atoms with van der Waals surface area (Å²) in [7, 11) is 0. The molecule has 396 valence electrons. The highest BCUT2D eigenvalue weighted by Crippen LogP contribution is 2.61. The minimum absolute atomic E-state index is 0.111. The molecule has 0 spiro atoms. The Balaban J connectivity index is 0.829. The first kappa shape index (κ1) is 50.6. The average Bonchev–Trinajstić information content (AvgIpc) is 4.31. The van der Waals surface area contributed by atoms with Crippen molar-refractivity contribution in [3.8, 4) is 46.0 Å². The van der Waals surface area contributed by atoms with E-state index in [1.54, 1.807) is 45.8 Å². The number of thioether (sulfide) groups is 2. The molecule has 2 unspecified atom stereocenters. The van der Waals surface area contributed by atoms with Gasteiger partial charge in [-0.2, -0.15) is 0 Å². The van der Waals surface area contributed by atoms with Crippen molar-refractivity contribution in [3.05, 3.63) is 71.2 Å². The van der Waals surface area contributed by atoms with E-state index in [0.29, 0.717) is 196 Å². The van der Waals surface area contributed by atoms with Gasteiger partial charge in [0.25, 0.3) is 34.5 Å². The van der Waals surface area contributed by atoms with Crippen LogP contribution >= 0.6 is 68.9 Å². The summed E-state index contributed by atoms with van der Waals surface area (Å²) < 4.78 is 102. The molecular formula is C50H54O18S6+2. The molecular weight excluding hydrogens is 1080 g/mol. The maximum atomic E-state index is 11.2. The summed E-state index contributed by atoms with van der Waals surface area (Å²) in [4.78, 5) is 5.37. The summed E-state index contributed by atoms with van der Waals surface area (Å²) in [5, 5.41) is 22.5. The van der Waals surface area contributed by atoms with E-state index in [-0.39, 0.29) is 6.61 Å². The SMILES string of the molecule is CCC(O)COCCOCCOCCOCC(O)Cc1sc([C+]2S/C(=c3/s/c(=c4/s/c(=C5/S[C+](c6sc(C)c7c6OCCO7)C6=C5OCCO6)c5c4OCCO5)c4c3OCCO4)C3=C2OCCO3)c2c1OCCO2. The lowest BCUT2D eigenvalue weighted by Crippen LogP contribution is -2.21. The Hall–Kier alpha value is -4.18. The molecule has 24 heteroatoms. The third-order valence-electron chi connectivity index (χ3n) is 12.3. The van der Waals surface area contributed by atoms with Crippen LogP contribution in [-0.4, -0.2) is 155 Å². The van der Waals surface area contributed by atoms with Crippen LogP contribution < -0.4 is 47.0 Å². The van der Waals surface area contributed by atoms with Crippen molar-refractivity contribution in [2.24, 2.45) is 0 Å². The van der Waals surface area contributed by atoms with E-state index in [1.165, 1.54) is 23.1 Å². The quantitative estimate of drug-likeness (QED) is 0.0906. The van der Waals surface area contributed by atoms with Crippen LogP contribution in [0.15, 0.2) is 23.0 Å². The number of fused-ring (bicyclic) bond motifs is 4. The van der Waals surface area contributed by atoms with Crippen molar-refractivity contribution in [2.75, 3.05) is 132 Å². The number of aryl methyl sites for hydroxylation is 1. The van der Waals surface area contributed by atoms with Gasteiger partial charge in [0.15, 0.2) is 33.5 Å². The van der Waals surface area contributed by atoms with Gasteiger partial charge in [-0.25, -0.2) is 0 Å². The summed E-state index contributed by atoms with van der Waals surface area (Å²) in [6, 6.07) is 0. The number of thiophene rings is 4. The molecule has 74 heavy (non-hydrogen) atoms. The second kappa shape index (κ2) is 22.8. The highest BCUT2D eigenvalue weighted by Gasteiger charge is 2.53. The van der Waals surface area contributed by atoms with E-state index in [1.807, 2.05) is 13.8 Å². The molecule has 4 aromatic rings. The molecule has 0 saturated carbocycles. The predicted molar refractivity (Wildman–Crippen MR) is 277 cm³/mol. The second-order valence-electron chi connectivity index (χ2n) is 17.3. The highest BCUT2D eigenvalue weighted by molar-refractivity contribution is 8.12. The predicted octanol–water partition coefficient (Wildman–Crippen LogP) is 5.74. The molecule has 8 aliphatic heterocycles. The van der Waals surface area contributed by atoms with Crippen molar-refractivity contribution in [3.63, 3.8) is 0 Å². The molecule has 2 atom stereocenters. The molecule has 0 fully saturated rings. The smallest absolute Gasteiger partial charge is 0.293 e. The molecule has 8 aliphatic rings. The van der Waals surface area contributed by atoms with E-state index >= 15 is 0 Å². The Morgan fingerprint density at radius 1 is 0.432 bits per heavy atom. The zero-order chi connectivity index (χ0) is 50.1. The van der Waals surface area contributed by atoms with Crippen LogP contribution in [0.2, 0.25) is 0 Å².